The van der Waals surface area contributed by atoms with E-state index in [1.54, 1.807) is 18.3 Å². The first-order valence-corrected chi connectivity index (χ1v) is 6.41. The summed E-state index contributed by atoms with van der Waals surface area (Å²) in [6.45, 7) is -0.244. The summed E-state index contributed by atoms with van der Waals surface area (Å²) in [5, 5.41) is 10.2. The highest BCUT2D eigenvalue weighted by atomic mass is 19.1. The van der Waals surface area contributed by atoms with Crippen LogP contribution in [0.3, 0.4) is 0 Å². The van der Waals surface area contributed by atoms with E-state index in [4.69, 9.17) is 18.3 Å². The predicted octanol–water partition coefficient (Wildman–Crippen LogP) is 0.436. The van der Waals surface area contributed by atoms with Crippen molar-refractivity contribution in [2.24, 2.45) is 0 Å². The number of ether oxygens (including phenoxy) is 1. The Morgan fingerprint density at radius 3 is 2.91 bits per heavy atom. The molecule has 0 spiro atoms. The molecule has 22 heavy (non-hydrogen) atoms. The minimum absolute atomic E-state index is 0.0233. The van der Waals surface area contributed by atoms with E-state index in [0.29, 0.717) is 27.7 Å². The summed E-state index contributed by atoms with van der Waals surface area (Å²) < 4.78 is 20.8. The maximum Gasteiger partial charge on any atom is 0.222 e. The Kier molecular flexibility index (Phi) is 3.46. The number of halogens is 1. The third-order valence-corrected chi connectivity index (χ3v) is 3.33. The molecule has 0 aliphatic carbocycles. The summed E-state index contributed by atoms with van der Waals surface area (Å²) >= 11 is 0. The minimum Gasteiger partial charge on any atom is -0.496 e. The number of nitrogen functional groups attached to an aromatic ring is 1. The highest BCUT2D eigenvalue weighted by Crippen LogP contribution is 2.32. The van der Waals surface area contributed by atoms with Crippen molar-refractivity contribution in [3.05, 3.63) is 35.9 Å². The molecule has 2 aromatic heterocycles. The van der Waals surface area contributed by atoms with E-state index in [2.05, 4.69) is 9.97 Å². The third-order valence-electron chi connectivity index (χ3n) is 3.33. The predicted molar refractivity (Wildman–Crippen MR) is 81.1 cm³/mol. The first kappa shape index (κ1) is 14.3. The van der Waals surface area contributed by atoms with Gasteiger partial charge in [0.15, 0.2) is 11.6 Å². The van der Waals surface area contributed by atoms with Crippen molar-refractivity contribution in [3.8, 4) is 11.6 Å². The highest BCUT2D eigenvalue weighted by Gasteiger charge is 2.17. The SMILES string of the molecule is [B]c1cc(OC)c2c(CO)cn(-c3nc(N)ncc3F)c2c1. The lowest BCUT2D eigenvalue weighted by Gasteiger charge is -2.09. The summed E-state index contributed by atoms with van der Waals surface area (Å²) in [6, 6.07) is 3.28. The lowest BCUT2D eigenvalue weighted by Crippen LogP contribution is -2.07. The van der Waals surface area contributed by atoms with Crippen LogP contribution in [0.1, 0.15) is 5.56 Å². The Morgan fingerprint density at radius 2 is 2.23 bits per heavy atom. The molecule has 2 radical (unpaired) electrons. The minimum atomic E-state index is -0.642. The smallest absolute Gasteiger partial charge is 0.222 e. The van der Waals surface area contributed by atoms with Crippen molar-refractivity contribution in [1.29, 1.82) is 0 Å². The Balaban J connectivity index is 2.40. The molecule has 2 heterocycles. The summed E-state index contributed by atoms with van der Waals surface area (Å²) in [5.74, 6) is -0.235. The summed E-state index contributed by atoms with van der Waals surface area (Å²) in [5.41, 5.74) is 7.09. The molecular weight excluding hydrogens is 286 g/mol. The quantitative estimate of drug-likeness (QED) is 0.685. The van der Waals surface area contributed by atoms with Crippen LogP contribution in [0.5, 0.6) is 5.75 Å². The van der Waals surface area contributed by atoms with Crippen molar-refractivity contribution < 1.29 is 14.2 Å². The van der Waals surface area contributed by atoms with Gasteiger partial charge in [-0.2, -0.15) is 4.98 Å². The average molecular weight is 298 g/mol. The average Bonchev–Trinajstić information content (AvgIpc) is 2.87. The molecule has 3 aromatic rings. The van der Waals surface area contributed by atoms with Gasteiger partial charge in [0.2, 0.25) is 5.95 Å². The number of aromatic nitrogens is 3. The Hall–Kier alpha value is -2.61. The number of fused-ring (bicyclic) bond motifs is 1. The Morgan fingerprint density at radius 1 is 1.45 bits per heavy atom. The number of aliphatic hydroxyl groups is 1. The third kappa shape index (κ3) is 2.17. The molecule has 0 fully saturated rings. The number of hydrogen-bond donors (Lipinski definition) is 2. The van der Waals surface area contributed by atoms with Crippen LogP contribution >= 0.6 is 0 Å². The molecule has 0 atom stereocenters. The van der Waals surface area contributed by atoms with Gasteiger partial charge in [-0.3, -0.25) is 4.57 Å². The number of nitrogens with two attached hydrogens (primary N) is 1. The van der Waals surface area contributed by atoms with Crippen LogP contribution in [0.2, 0.25) is 0 Å². The zero-order valence-electron chi connectivity index (χ0n) is 11.7. The van der Waals surface area contributed by atoms with Gasteiger partial charge in [-0.05, 0) is 12.1 Å². The van der Waals surface area contributed by atoms with E-state index in [1.165, 1.54) is 11.7 Å². The number of rotatable bonds is 3. The zero-order valence-corrected chi connectivity index (χ0v) is 11.7. The molecule has 0 saturated heterocycles. The second-order valence-corrected chi connectivity index (χ2v) is 4.70. The summed E-state index contributed by atoms with van der Waals surface area (Å²) in [7, 11) is 7.35. The van der Waals surface area contributed by atoms with E-state index < -0.39 is 5.82 Å². The second-order valence-electron chi connectivity index (χ2n) is 4.70. The fourth-order valence-corrected chi connectivity index (χ4v) is 2.42. The van der Waals surface area contributed by atoms with E-state index in [1.807, 2.05) is 0 Å². The number of benzene rings is 1. The highest BCUT2D eigenvalue weighted by molar-refractivity contribution is 6.33. The molecule has 0 amide bonds. The molecule has 6 nitrogen and oxygen atoms in total. The monoisotopic (exact) mass is 298 g/mol. The van der Waals surface area contributed by atoms with Gasteiger partial charge >= 0.3 is 0 Å². The van der Waals surface area contributed by atoms with Crippen molar-refractivity contribution in [1.82, 2.24) is 14.5 Å². The van der Waals surface area contributed by atoms with Gasteiger partial charge in [-0.1, -0.05) is 5.46 Å². The lowest BCUT2D eigenvalue weighted by atomic mass is 9.94. The van der Waals surface area contributed by atoms with Gasteiger partial charge < -0.3 is 15.6 Å². The number of aliphatic hydroxyl groups excluding tert-OH is 1. The fraction of sp³-hybridized carbons (Fsp3) is 0.143. The topological polar surface area (TPSA) is 86.2 Å². The van der Waals surface area contributed by atoms with Crippen LogP contribution in [0.25, 0.3) is 16.7 Å². The van der Waals surface area contributed by atoms with Gasteiger partial charge in [0.05, 0.1) is 25.4 Å². The molecule has 0 saturated carbocycles. The number of hydrogen-bond acceptors (Lipinski definition) is 5. The normalized spacial score (nSPS) is 11.0. The summed E-state index contributed by atoms with van der Waals surface area (Å²) in [6.07, 6.45) is 2.56. The first-order chi connectivity index (χ1) is 10.5. The van der Waals surface area contributed by atoms with Gasteiger partial charge in [-0.15, -0.1) is 0 Å². The molecule has 1 aromatic carbocycles. The van der Waals surface area contributed by atoms with Crippen molar-refractivity contribution >= 4 is 30.2 Å². The van der Waals surface area contributed by atoms with Crippen LogP contribution in [-0.2, 0) is 6.61 Å². The van der Waals surface area contributed by atoms with Crippen LogP contribution in [0.15, 0.2) is 24.5 Å². The van der Waals surface area contributed by atoms with Crippen molar-refractivity contribution in [2.75, 3.05) is 12.8 Å². The van der Waals surface area contributed by atoms with Crippen LogP contribution < -0.4 is 15.9 Å². The maximum absolute atomic E-state index is 14.1. The van der Waals surface area contributed by atoms with Gasteiger partial charge in [0.1, 0.15) is 13.6 Å². The molecule has 8 heteroatoms. The molecule has 0 bridgehead atoms. The number of nitrogens with zero attached hydrogens (tertiary/aromatic N) is 3. The Bertz CT molecular complexity index is 866. The molecule has 0 aliphatic heterocycles. The van der Waals surface area contributed by atoms with E-state index in [-0.39, 0.29) is 18.4 Å². The van der Waals surface area contributed by atoms with Crippen molar-refractivity contribution in [2.45, 2.75) is 6.61 Å². The molecule has 110 valence electrons. The largest absolute Gasteiger partial charge is 0.496 e. The standard InChI is InChI=1S/C14H12BFN4O2/c1-22-11-3-8(15)2-10-12(11)7(6-21)5-20(10)13-9(16)4-18-14(17)19-13/h2-5,21H,6H2,1H3,(H2,17,18,19). The molecule has 0 unspecified atom stereocenters. The molecule has 0 aliphatic rings. The van der Waals surface area contributed by atoms with Gasteiger partial charge in [0, 0.05) is 17.1 Å². The molecular formula is C14H12BFN4O2. The Labute approximate surface area is 126 Å². The fourth-order valence-electron chi connectivity index (χ4n) is 2.42. The lowest BCUT2D eigenvalue weighted by molar-refractivity contribution is 0.283. The van der Waals surface area contributed by atoms with Crippen LogP contribution in [-0.4, -0.2) is 34.6 Å². The number of anilines is 1. The molecule has 3 rings (SSSR count). The molecule has 3 N–H and O–H groups in total. The van der Waals surface area contributed by atoms with Crippen molar-refractivity contribution in [3.63, 3.8) is 0 Å². The van der Waals surface area contributed by atoms with Gasteiger partial charge in [0.25, 0.3) is 0 Å². The zero-order chi connectivity index (χ0) is 15.9. The van der Waals surface area contributed by atoms with E-state index in [9.17, 15) is 9.50 Å². The second kappa shape index (κ2) is 5.30. The van der Waals surface area contributed by atoms with Gasteiger partial charge in [-0.25, -0.2) is 9.37 Å². The maximum atomic E-state index is 14.1. The van der Waals surface area contributed by atoms with Crippen LogP contribution in [0, 0.1) is 5.82 Å². The van der Waals surface area contributed by atoms with E-state index >= 15 is 0 Å². The first-order valence-electron chi connectivity index (χ1n) is 6.41. The number of methoxy groups -OCH3 is 1. The summed E-state index contributed by atoms with van der Waals surface area (Å²) in [4.78, 5) is 7.52. The van der Waals surface area contributed by atoms with E-state index in [0.717, 1.165) is 6.20 Å². The van der Waals surface area contributed by atoms with Crippen LogP contribution in [0.4, 0.5) is 10.3 Å².